The third-order valence-electron chi connectivity index (χ3n) is 6.65. The number of amides is 1. The zero-order valence-corrected chi connectivity index (χ0v) is 20.8. The van der Waals surface area contributed by atoms with Crippen LogP contribution in [-0.2, 0) is 29.1 Å². The number of fused-ring (bicyclic) bond motifs is 1. The van der Waals surface area contributed by atoms with Gasteiger partial charge in [0.05, 0.1) is 12.1 Å². The zero-order valence-electron chi connectivity index (χ0n) is 20.0. The predicted octanol–water partition coefficient (Wildman–Crippen LogP) is 4.26. The number of carbonyl (C=O) groups is 2. The number of likely N-dealkylation sites (tertiary alicyclic amines) is 1. The molecular weight excluding hydrogens is 460 g/mol. The molecule has 2 aromatic rings. The molecule has 2 heterocycles. The van der Waals surface area contributed by atoms with Crippen molar-refractivity contribution in [2.24, 2.45) is 0 Å². The molecular formula is C28H34N2O4S. The van der Waals surface area contributed by atoms with Crippen molar-refractivity contribution in [2.75, 3.05) is 23.0 Å². The van der Waals surface area contributed by atoms with Crippen LogP contribution in [0.15, 0.2) is 60.7 Å². The number of hydrogen-bond donors (Lipinski definition) is 2. The number of thioether (sulfide) groups is 1. The van der Waals surface area contributed by atoms with Crippen molar-refractivity contribution in [3.8, 4) is 0 Å². The van der Waals surface area contributed by atoms with Gasteiger partial charge in [-0.15, -0.1) is 0 Å². The van der Waals surface area contributed by atoms with Gasteiger partial charge in [-0.05, 0) is 47.4 Å². The summed E-state index contributed by atoms with van der Waals surface area (Å²) in [4.78, 5) is 27.2. The van der Waals surface area contributed by atoms with Gasteiger partial charge in [0.2, 0.25) is 5.91 Å². The van der Waals surface area contributed by atoms with Crippen LogP contribution in [0.4, 0.5) is 5.69 Å². The van der Waals surface area contributed by atoms with E-state index in [1.54, 1.807) is 11.8 Å². The largest absolute Gasteiger partial charge is 0.481 e. The number of benzene rings is 2. The number of aliphatic carboxylic acids is 1. The number of carboxylic acids is 1. The van der Waals surface area contributed by atoms with E-state index in [0.29, 0.717) is 25.8 Å². The molecule has 2 atom stereocenters. The Morgan fingerprint density at radius 1 is 1.11 bits per heavy atom. The highest BCUT2D eigenvalue weighted by atomic mass is 32.2. The summed E-state index contributed by atoms with van der Waals surface area (Å²) in [6.45, 7) is 2.47. The Hall–Kier alpha value is -2.77. The minimum atomic E-state index is -0.766. The number of hydrogen-bond acceptors (Lipinski definition) is 5. The van der Waals surface area contributed by atoms with Gasteiger partial charge in [-0.3, -0.25) is 9.59 Å². The van der Waals surface area contributed by atoms with E-state index in [1.165, 1.54) is 16.8 Å². The number of aliphatic hydroxyl groups is 1. The monoisotopic (exact) mass is 494 g/mol. The Bertz CT molecular complexity index is 1030. The van der Waals surface area contributed by atoms with Crippen molar-refractivity contribution in [1.29, 1.82) is 0 Å². The SMILES string of the molecule is O=C(O)CCCSCCN1C(=O)CC[C@@H]1/C=C/[C@@H](O)Cc1cccc(N2Cc3ccccc3C2)c1. The van der Waals surface area contributed by atoms with Crippen molar-refractivity contribution in [2.45, 2.75) is 57.3 Å². The van der Waals surface area contributed by atoms with E-state index < -0.39 is 12.1 Å². The van der Waals surface area contributed by atoms with Gasteiger partial charge in [0, 0.05) is 50.3 Å². The van der Waals surface area contributed by atoms with Crippen LogP contribution in [0.3, 0.4) is 0 Å². The molecule has 1 fully saturated rings. The van der Waals surface area contributed by atoms with Gasteiger partial charge in [-0.25, -0.2) is 0 Å². The Morgan fingerprint density at radius 2 is 1.89 bits per heavy atom. The summed E-state index contributed by atoms with van der Waals surface area (Å²) >= 11 is 1.69. The lowest BCUT2D eigenvalue weighted by atomic mass is 10.1. The summed E-state index contributed by atoms with van der Waals surface area (Å²) in [5, 5.41) is 19.4. The van der Waals surface area contributed by atoms with Crippen LogP contribution in [0.5, 0.6) is 0 Å². The lowest BCUT2D eigenvalue weighted by Gasteiger charge is -2.22. The molecule has 0 bridgehead atoms. The average molecular weight is 495 g/mol. The van der Waals surface area contributed by atoms with Crippen LogP contribution < -0.4 is 4.90 Å². The zero-order chi connectivity index (χ0) is 24.6. The molecule has 1 saturated heterocycles. The van der Waals surface area contributed by atoms with Crippen molar-refractivity contribution in [3.63, 3.8) is 0 Å². The number of rotatable bonds is 12. The lowest BCUT2D eigenvalue weighted by Crippen LogP contribution is -2.34. The van der Waals surface area contributed by atoms with Crippen LogP contribution in [0, 0.1) is 0 Å². The van der Waals surface area contributed by atoms with Gasteiger partial charge >= 0.3 is 5.97 Å². The summed E-state index contributed by atoms with van der Waals surface area (Å²) in [6.07, 6.45) is 5.88. The first-order valence-corrected chi connectivity index (χ1v) is 13.5. The highest BCUT2D eigenvalue weighted by Gasteiger charge is 2.28. The average Bonchev–Trinajstić information content (AvgIpc) is 3.43. The van der Waals surface area contributed by atoms with Gasteiger partial charge in [0.1, 0.15) is 0 Å². The van der Waals surface area contributed by atoms with E-state index in [9.17, 15) is 14.7 Å². The molecule has 0 aliphatic carbocycles. The summed E-state index contributed by atoms with van der Waals surface area (Å²) < 4.78 is 0. The van der Waals surface area contributed by atoms with Crippen molar-refractivity contribution >= 4 is 29.3 Å². The van der Waals surface area contributed by atoms with Gasteiger partial charge < -0.3 is 20.0 Å². The molecule has 1 amide bonds. The molecule has 2 N–H and O–H groups in total. The van der Waals surface area contributed by atoms with Crippen LogP contribution >= 0.6 is 11.8 Å². The quantitative estimate of drug-likeness (QED) is 0.339. The van der Waals surface area contributed by atoms with Crippen molar-refractivity contribution in [3.05, 3.63) is 77.4 Å². The molecule has 0 spiro atoms. The van der Waals surface area contributed by atoms with Crippen LogP contribution in [-0.4, -0.2) is 57.2 Å². The molecule has 2 aromatic carbocycles. The Morgan fingerprint density at radius 3 is 2.63 bits per heavy atom. The normalized spacial score (nSPS) is 18.4. The maximum Gasteiger partial charge on any atom is 0.303 e. The molecule has 0 unspecified atom stereocenters. The topological polar surface area (TPSA) is 81.1 Å². The standard InChI is InChI=1S/C28H34N2O4S/c31-26(12-10-24-11-13-27(32)30(24)14-16-35-15-4-9-28(33)34)18-21-5-3-8-25(17-21)29-19-22-6-1-2-7-23(22)20-29/h1-3,5-8,10,12,17,24,26,31H,4,9,11,13-16,18-20H2,(H,33,34)/b12-10+/t24-,26+/m0/s1. The molecule has 7 heteroatoms. The van der Waals surface area contributed by atoms with Crippen LogP contribution in [0.2, 0.25) is 0 Å². The molecule has 35 heavy (non-hydrogen) atoms. The van der Waals surface area contributed by atoms with E-state index in [-0.39, 0.29) is 18.4 Å². The van der Waals surface area contributed by atoms with Gasteiger partial charge in [-0.1, -0.05) is 48.6 Å². The van der Waals surface area contributed by atoms with Crippen LogP contribution in [0.1, 0.15) is 42.4 Å². The number of anilines is 1. The fraction of sp³-hybridized carbons (Fsp3) is 0.429. The fourth-order valence-electron chi connectivity index (χ4n) is 4.80. The molecule has 4 rings (SSSR count). The van der Waals surface area contributed by atoms with E-state index in [2.05, 4.69) is 53.4 Å². The Balaban J connectivity index is 1.26. The van der Waals surface area contributed by atoms with Gasteiger partial charge in [-0.2, -0.15) is 11.8 Å². The number of carbonyl (C=O) groups excluding carboxylic acids is 1. The first-order chi connectivity index (χ1) is 17.0. The number of nitrogens with zero attached hydrogens (tertiary/aromatic N) is 2. The second kappa shape index (κ2) is 12.3. The van der Waals surface area contributed by atoms with E-state index >= 15 is 0 Å². The molecule has 2 aliphatic heterocycles. The van der Waals surface area contributed by atoms with E-state index in [1.807, 2.05) is 17.1 Å². The first kappa shape index (κ1) is 25.3. The fourth-order valence-corrected chi connectivity index (χ4v) is 5.68. The van der Waals surface area contributed by atoms with Crippen LogP contribution in [0.25, 0.3) is 0 Å². The lowest BCUT2D eigenvalue weighted by molar-refractivity contribution is -0.137. The summed E-state index contributed by atoms with van der Waals surface area (Å²) in [6, 6.07) is 16.9. The molecule has 6 nitrogen and oxygen atoms in total. The smallest absolute Gasteiger partial charge is 0.303 e. The highest BCUT2D eigenvalue weighted by Crippen LogP contribution is 2.29. The summed E-state index contributed by atoms with van der Waals surface area (Å²) in [7, 11) is 0. The van der Waals surface area contributed by atoms with E-state index in [4.69, 9.17) is 5.11 Å². The second-order valence-electron chi connectivity index (χ2n) is 9.25. The Kier molecular flexibility index (Phi) is 8.88. The molecule has 0 radical (unpaired) electrons. The predicted molar refractivity (Wildman–Crippen MR) is 141 cm³/mol. The molecule has 2 aliphatic rings. The van der Waals surface area contributed by atoms with Crippen molar-refractivity contribution in [1.82, 2.24) is 4.90 Å². The number of carboxylic acid groups (broad SMARTS) is 1. The third kappa shape index (κ3) is 7.12. The highest BCUT2D eigenvalue weighted by molar-refractivity contribution is 7.99. The molecule has 186 valence electrons. The van der Waals surface area contributed by atoms with Gasteiger partial charge in [0.15, 0.2) is 0 Å². The summed E-state index contributed by atoms with van der Waals surface area (Å²) in [5.74, 6) is 0.971. The Labute approximate surface area is 211 Å². The second-order valence-corrected chi connectivity index (χ2v) is 10.5. The minimum absolute atomic E-state index is 0.0196. The maximum atomic E-state index is 12.3. The number of aliphatic hydroxyl groups excluding tert-OH is 1. The molecule has 0 saturated carbocycles. The summed E-state index contributed by atoms with van der Waals surface area (Å²) in [5.41, 5.74) is 5.00. The van der Waals surface area contributed by atoms with E-state index in [0.717, 1.165) is 36.6 Å². The van der Waals surface area contributed by atoms with Gasteiger partial charge in [0.25, 0.3) is 0 Å². The third-order valence-corrected chi connectivity index (χ3v) is 7.70. The maximum absolute atomic E-state index is 12.3. The first-order valence-electron chi connectivity index (χ1n) is 12.4. The van der Waals surface area contributed by atoms with Crippen molar-refractivity contribution < 1.29 is 19.8 Å². The minimum Gasteiger partial charge on any atom is -0.481 e. The molecule has 0 aromatic heterocycles.